The number of esters is 1. The maximum atomic E-state index is 11.3. The smallest absolute Gasteiger partial charge is 0.330 e. The fraction of sp³-hybridized carbons (Fsp3) is 0.436. The fourth-order valence-electron chi connectivity index (χ4n) is 4.97. The summed E-state index contributed by atoms with van der Waals surface area (Å²) in [4.78, 5) is 24.7. The van der Waals surface area contributed by atoms with Crippen LogP contribution in [0.25, 0.3) is 0 Å². The van der Waals surface area contributed by atoms with Crippen LogP contribution >= 0.6 is 0 Å². The summed E-state index contributed by atoms with van der Waals surface area (Å²) in [6.07, 6.45) is 13.4. The first-order chi connectivity index (χ1) is 23.5. The van der Waals surface area contributed by atoms with Gasteiger partial charge >= 0.3 is 5.97 Å². The van der Waals surface area contributed by atoms with E-state index < -0.39 is 5.97 Å². The molecule has 0 amide bonds. The van der Waals surface area contributed by atoms with E-state index in [0.717, 1.165) is 60.9 Å². The third-order valence-corrected chi connectivity index (χ3v) is 7.88. The first-order valence-electron chi connectivity index (χ1n) is 17.3. The van der Waals surface area contributed by atoms with Gasteiger partial charge in [-0.25, -0.2) is 4.79 Å². The summed E-state index contributed by atoms with van der Waals surface area (Å²) in [5.41, 5.74) is 3.94. The molecule has 9 nitrogen and oxygen atoms in total. The second kappa shape index (κ2) is 22.8. The molecule has 0 atom stereocenters. The summed E-state index contributed by atoms with van der Waals surface area (Å²) in [6, 6.07) is 22.8. The number of carbonyl (C=O) groups is 2. The molecule has 0 N–H and O–H groups in total. The van der Waals surface area contributed by atoms with Crippen LogP contribution in [0.4, 0.5) is 28.4 Å². The summed E-state index contributed by atoms with van der Waals surface area (Å²) in [5.74, 6) is 0.815. The van der Waals surface area contributed by atoms with Gasteiger partial charge in [-0.2, -0.15) is 20.5 Å². The highest BCUT2D eigenvalue weighted by Crippen LogP contribution is 2.26. The first-order valence-corrected chi connectivity index (χ1v) is 17.3. The van der Waals surface area contributed by atoms with Crippen molar-refractivity contribution in [2.24, 2.45) is 20.5 Å². The van der Waals surface area contributed by atoms with Gasteiger partial charge in [-0.05, 0) is 92.6 Å². The average molecular weight is 654 g/mol. The van der Waals surface area contributed by atoms with Crippen molar-refractivity contribution in [3.8, 4) is 5.75 Å². The Balaban J connectivity index is 1.31. The second-order valence-corrected chi connectivity index (χ2v) is 11.6. The molecular weight excluding hydrogens is 602 g/mol. The van der Waals surface area contributed by atoms with Crippen molar-refractivity contribution in [3.05, 3.63) is 85.5 Å². The van der Waals surface area contributed by atoms with Crippen LogP contribution in [-0.2, 0) is 14.3 Å². The molecule has 0 radical (unpaired) electrons. The van der Waals surface area contributed by atoms with Gasteiger partial charge < -0.3 is 14.4 Å². The molecule has 0 aromatic heterocycles. The van der Waals surface area contributed by atoms with Crippen molar-refractivity contribution in [1.82, 2.24) is 0 Å². The van der Waals surface area contributed by atoms with E-state index in [1.807, 2.05) is 86.6 Å². The molecule has 48 heavy (non-hydrogen) atoms. The Morgan fingerprint density at radius 3 is 1.58 bits per heavy atom. The zero-order chi connectivity index (χ0) is 34.2. The molecule has 3 aromatic carbocycles. The average Bonchev–Trinajstić information content (AvgIpc) is 3.13. The Kier molecular flexibility index (Phi) is 17.9. The maximum absolute atomic E-state index is 11.3. The third-order valence-electron chi connectivity index (χ3n) is 7.88. The van der Waals surface area contributed by atoms with Crippen LogP contribution in [0.15, 0.2) is 106 Å². The number of Topliss-reactive ketones (excluding diaryl/α,β-unsaturated/α-hetero) is 1. The van der Waals surface area contributed by atoms with Crippen LogP contribution in [0.5, 0.6) is 5.75 Å². The van der Waals surface area contributed by atoms with Crippen LogP contribution in [0.3, 0.4) is 0 Å². The number of anilines is 1. The molecule has 0 aliphatic rings. The minimum Gasteiger partial charge on any atom is -0.494 e. The van der Waals surface area contributed by atoms with E-state index in [4.69, 9.17) is 9.47 Å². The van der Waals surface area contributed by atoms with Gasteiger partial charge in [-0.1, -0.05) is 58.4 Å². The Bertz CT molecular complexity index is 1420. The lowest BCUT2D eigenvalue weighted by atomic mass is 10.0. The number of ketones is 1. The fourth-order valence-corrected chi connectivity index (χ4v) is 4.97. The number of nitrogens with zero attached hydrogens (tertiary/aromatic N) is 5. The molecule has 0 spiro atoms. The number of hydrogen-bond acceptors (Lipinski definition) is 9. The number of carbonyl (C=O) groups excluding carboxylic acids is 2. The van der Waals surface area contributed by atoms with Crippen molar-refractivity contribution < 1.29 is 19.1 Å². The number of hydrogen-bond donors (Lipinski definition) is 0. The summed E-state index contributed by atoms with van der Waals surface area (Å²) in [7, 11) is 0. The van der Waals surface area contributed by atoms with Crippen molar-refractivity contribution in [1.29, 1.82) is 0 Å². The zero-order valence-electron chi connectivity index (χ0n) is 28.7. The SMILES string of the molecule is C=CC(=O)OCCN(CC)c1ccc(N=Nc2ccc(N=Nc3ccc(OCCCCCCCCCCCC(=O)CC)cc3)cc2)cc1. The summed E-state index contributed by atoms with van der Waals surface area (Å²) in [5, 5.41) is 17.4. The highest BCUT2D eigenvalue weighted by molar-refractivity contribution is 5.81. The third kappa shape index (κ3) is 15.3. The topological polar surface area (TPSA) is 105 Å². The van der Waals surface area contributed by atoms with Gasteiger partial charge in [0.05, 0.1) is 35.9 Å². The predicted octanol–water partition coefficient (Wildman–Crippen LogP) is 11.3. The number of azo groups is 2. The molecule has 3 aromatic rings. The standard InChI is InChI=1S/C39H51N5O4/c1-4-37(45)16-14-12-10-8-7-9-11-13-15-30-47-38-27-23-35(24-28-38)43-41-33-19-17-32(18-20-33)40-42-34-21-25-36(26-22-34)44(6-3)29-31-48-39(46)5-2/h5,17-28H,2,4,6-16,29-31H2,1,3H3. The van der Waals surface area contributed by atoms with E-state index in [-0.39, 0.29) is 0 Å². The molecule has 3 rings (SSSR count). The van der Waals surface area contributed by atoms with Gasteiger partial charge in [0.25, 0.3) is 0 Å². The quantitative estimate of drug-likeness (QED) is 0.0414. The molecule has 0 bridgehead atoms. The van der Waals surface area contributed by atoms with Crippen LogP contribution in [0, 0.1) is 0 Å². The lowest BCUT2D eigenvalue weighted by molar-refractivity contribution is -0.137. The Hall–Kier alpha value is -4.66. The van der Waals surface area contributed by atoms with Gasteiger partial charge in [0.1, 0.15) is 18.1 Å². The van der Waals surface area contributed by atoms with Gasteiger partial charge in [0, 0.05) is 31.1 Å². The van der Waals surface area contributed by atoms with Gasteiger partial charge in [-0.3, -0.25) is 4.79 Å². The summed E-state index contributed by atoms with van der Waals surface area (Å²) < 4.78 is 11.0. The molecular formula is C39H51N5O4. The Morgan fingerprint density at radius 1 is 0.646 bits per heavy atom. The normalized spacial score (nSPS) is 11.2. The number of benzene rings is 3. The monoisotopic (exact) mass is 653 g/mol. The van der Waals surface area contributed by atoms with Gasteiger partial charge in [0.2, 0.25) is 0 Å². The van der Waals surface area contributed by atoms with E-state index in [0.29, 0.717) is 31.0 Å². The van der Waals surface area contributed by atoms with Crippen molar-refractivity contribution in [2.45, 2.75) is 84.5 Å². The number of likely N-dealkylation sites (N-methyl/N-ethyl adjacent to an activating group) is 1. The number of ether oxygens (including phenoxy) is 2. The molecule has 0 heterocycles. The van der Waals surface area contributed by atoms with Crippen LogP contribution in [0.1, 0.15) is 84.5 Å². The van der Waals surface area contributed by atoms with E-state index in [1.165, 1.54) is 51.0 Å². The Labute approximate surface area is 286 Å². The molecule has 0 aliphatic carbocycles. The highest BCUT2D eigenvalue weighted by Gasteiger charge is 2.06. The van der Waals surface area contributed by atoms with Crippen LogP contribution in [-0.4, -0.2) is 38.1 Å². The summed E-state index contributed by atoms with van der Waals surface area (Å²) in [6.45, 7) is 9.79. The summed E-state index contributed by atoms with van der Waals surface area (Å²) >= 11 is 0. The minimum atomic E-state index is -0.418. The number of unbranched alkanes of at least 4 members (excludes halogenated alkanes) is 8. The minimum absolute atomic E-state index is 0.297. The number of rotatable bonds is 24. The molecule has 0 saturated carbocycles. The van der Waals surface area contributed by atoms with E-state index in [1.54, 1.807) is 0 Å². The van der Waals surface area contributed by atoms with E-state index >= 15 is 0 Å². The lowest BCUT2D eigenvalue weighted by Gasteiger charge is -2.22. The molecule has 0 fully saturated rings. The highest BCUT2D eigenvalue weighted by atomic mass is 16.5. The molecule has 256 valence electrons. The molecule has 0 unspecified atom stereocenters. The van der Waals surface area contributed by atoms with E-state index in [2.05, 4.69) is 31.9 Å². The van der Waals surface area contributed by atoms with Gasteiger partial charge in [-0.15, -0.1) is 0 Å². The van der Waals surface area contributed by atoms with Crippen molar-refractivity contribution in [2.75, 3.05) is 31.2 Å². The lowest BCUT2D eigenvalue weighted by Crippen LogP contribution is -2.27. The van der Waals surface area contributed by atoms with Gasteiger partial charge in [0.15, 0.2) is 0 Å². The Morgan fingerprint density at radius 2 is 1.10 bits per heavy atom. The molecule has 0 aliphatic heterocycles. The van der Waals surface area contributed by atoms with Crippen LogP contribution in [0.2, 0.25) is 0 Å². The van der Waals surface area contributed by atoms with Crippen molar-refractivity contribution >= 4 is 40.2 Å². The first kappa shape index (κ1) is 37.8. The van der Waals surface area contributed by atoms with Crippen molar-refractivity contribution in [3.63, 3.8) is 0 Å². The predicted molar refractivity (Wildman–Crippen MR) is 194 cm³/mol. The van der Waals surface area contributed by atoms with E-state index in [9.17, 15) is 9.59 Å². The maximum Gasteiger partial charge on any atom is 0.330 e. The molecule has 0 saturated heterocycles. The zero-order valence-corrected chi connectivity index (χ0v) is 28.7. The van der Waals surface area contributed by atoms with Crippen LogP contribution < -0.4 is 9.64 Å². The second-order valence-electron chi connectivity index (χ2n) is 11.6. The molecule has 9 heteroatoms. The largest absolute Gasteiger partial charge is 0.494 e.